The second kappa shape index (κ2) is 11.1. The largest absolute Gasteiger partial charge is 0.466 e. The topological polar surface area (TPSA) is 64.6 Å². The van der Waals surface area contributed by atoms with E-state index in [0.717, 1.165) is 6.41 Å². The van der Waals surface area contributed by atoms with Crippen molar-refractivity contribution in [3.63, 3.8) is 0 Å². The van der Waals surface area contributed by atoms with E-state index < -0.39 is 8.32 Å². The van der Waals surface area contributed by atoms with Crippen molar-refractivity contribution in [2.45, 2.75) is 97.9 Å². The lowest BCUT2D eigenvalue weighted by Gasteiger charge is -2.48. The van der Waals surface area contributed by atoms with Gasteiger partial charge in [0.05, 0.1) is 12.7 Å². The fraction of sp³-hybridized carbons (Fsp3) is 0.900. The average Bonchev–Trinajstić information content (AvgIpc) is 2.52. The Kier molecular flexibility index (Phi) is 10.7. The van der Waals surface area contributed by atoms with Crippen LogP contribution in [0.15, 0.2) is 0 Å². The van der Waals surface area contributed by atoms with E-state index in [1.165, 1.54) is 0 Å². The molecule has 1 atom stereocenters. The molecule has 0 saturated carbocycles. The Morgan fingerprint density at radius 2 is 1.58 bits per heavy atom. The number of rotatable bonds is 13. The highest BCUT2D eigenvalue weighted by atomic mass is 28.4. The first-order valence-electron chi connectivity index (χ1n) is 9.96. The normalized spacial score (nSPS) is 14.0. The monoisotopic (exact) mass is 387 g/mol. The maximum absolute atomic E-state index is 11.9. The van der Waals surface area contributed by atoms with Gasteiger partial charge in [0.25, 0.3) is 0 Å². The highest BCUT2D eigenvalue weighted by molar-refractivity contribution is 6.77. The number of hydrogen-bond donors (Lipinski definition) is 1. The van der Waals surface area contributed by atoms with Crippen LogP contribution in [0.1, 0.15) is 75.2 Å². The molecule has 1 unspecified atom stereocenters. The third-order valence-corrected chi connectivity index (χ3v) is 11.6. The first kappa shape index (κ1) is 25.1. The first-order valence-corrected chi connectivity index (χ1v) is 12.1. The van der Waals surface area contributed by atoms with Gasteiger partial charge in [-0.2, -0.15) is 0 Å². The van der Waals surface area contributed by atoms with Gasteiger partial charge < -0.3 is 14.5 Å². The van der Waals surface area contributed by atoms with Gasteiger partial charge in [-0.05, 0) is 30.0 Å². The van der Waals surface area contributed by atoms with Gasteiger partial charge in [0.1, 0.15) is 0 Å². The lowest BCUT2D eigenvalue weighted by atomic mass is 9.84. The van der Waals surface area contributed by atoms with Gasteiger partial charge in [0, 0.05) is 18.4 Å². The Balaban J connectivity index is 5.66. The number of ether oxygens (including phenoxy) is 1. The maximum Gasteiger partial charge on any atom is 0.305 e. The van der Waals surface area contributed by atoms with Crippen LogP contribution in [0.5, 0.6) is 0 Å². The van der Waals surface area contributed by atoms with Crippen LogP contribution in [0.2, 0.25) is 16.6 Å². The van der Waals surface area contributed by atoms with Gasteiger partial charge in [0.2, 0.25) is 14.7 Å². The smallest absolute Gasteiger partial charge is 0.305 e. The molecule has 1 N–H and O–H groups in total. The zero-order valence-corrected chi connectivity index (χ0v) is 19.3. The number of carbonyl (C=O) groups is 2. The number of amides is 1. The molecule has 0 aromatic heterocycles. The molecule has 0 spiro atoms. The lowest BCUT2D eigenvalue weighted by molar-refractivity contribution is -0.144. The zero-order chi connectivity index (χ0) is 20.5. The van der Waals surface area contributed by atoms with Crippen LogP contribution < -0.4 is 5.32 Å². The van der Waals surface area contributed by atoms with Crippen molar-refractivity contribution in [2.24, 2.45) is 5.41 Å². The standard InChI is InChI=1S/C20H41NO4Si/c1-10-24-19(23)12-11-18(20(8,9)13-21-14-22)25-26(15(2)3,16(4)5)17(6)7/h14-18H,10-13H2,1-9H3,(H,21,22). The molecule has 0 heterocycles. The molecule has 6 heteroatoms. The molecule has 1 amide bonds. The summed E-state index contributed by atoms with van der Waals surface area (Å²) in [6.07, 6.45) is 1.55. The number of carbonyl (C=O) groups excluding carboxylic acids is 2. The molecular formula is C20H41NO4Si. The van der Waals surface area contributed by atoms with E-state index in [0.29, 0.717) is 42.6 Å². The molecule has 0 rings (SSSR count). The van der Waals surface area contributed by atoms with Crippen LogP contribution in [-0.2, 0) is 18.8 Å². The molecular weight excluding hydrogens is 346 g/mol. The maximum atomic E-state index is 11.9. The van der Waals surface area contributed by atoms with Crippen LogP contribution in [0, 0.1) is 5.41 Å². The highest BCUT2D eigenvalue weighted by Gasteiger charge is 2.48. The van der Waals surface area contributed by atoms with Crippen molar-refractivity contribution in [1.29, 1.82) is 0 Å². The summed E-state index contributed by atoms with van der Waals surface area (Å²) in [7, 11) is -2.10. The Bertz CT molecular complexity index is 414. The number of esters is 1. The molecule has 0 aliphatic heterocycles. The highest BCUT2D eigenvalue weighted by Crippen LogP contribution is 2.45. The van der Waals surface area contributed by atoms with E-state index in [2.05, 4.69) is 60.7 Å². The molecule has 0 fully saturated rings. The fourth-order valence-electron chi connectivity index (χ4n) is 4.16. The minimum Gasteiger partial charge on any atom is -0.466 e. The van der Waals surface area contributed by atoms with E-state index in [-0.39, 0.29) is 17.5 Å². The lowest BCUT2D eigenvalue weighted by Crippen LogP contribution is -2.54. The van der Waals surface area contributed by atoms with Crippen molar-refractivity contribution in [1.82, 2.24) is 5.32 Å². The van der Waals surface area contributed by atoms with Crippen molar-refractivity contribution >= 4 is 20.7 Å². The molecule has 26 heavy (non-hydrogen) atoms. The molecule has 0 aliphatic rings. The summed E-state index contributed by atoms with van der Waals surface area (Å²) in [5, 5.41) is 2.79. The van der Waals surface area contributed by atoms with Gasteiger partial charge in [-0.15, -0.1) is 0 Å². The zero-order valence-electron chi connectivity index (χ0n) is 18.3. The molecule has 0 bridgehead atoms. The Hall–Kier alpha value is -0.883. The predicted octanol–water partition coefficient (Wildman–Crippen LogP) is 4.66. The van der Waals surface area contributed by atoms with E-state index in [1.807, 2.05) is 6.92 Å². The second-order valence-corrected chi connectivity index (χ2v) is 14.2. The Morgan fingerprint density at radius 1 is 1.08 bits per heavy atom. The Morgan fingerprint density at radius 3 is 1.96 bits per heavy atom. The molecule has 0 radical (unpaired) electrons. The van der Waals surface area contributed by atoms with Gasteiger partial charge in [-0.25, -0.2) is 0 Å². The summed E-state index contributed by atoms with van der Waals surface area (Å²) in [6, 6.07) is 0. The van der Waals surface area contributed by atoms with Crippen LogP contribution in [0.3, 0.4) is 0 Å². The van der Waals surface area contributed by atoms with Gasteiger partial charge in [-0.3, -0.25) is 9.59 Å². The van der Waals surface area contributed by atoms with Crippen LogP contribution in [0.25, 0.3) is 0 Å². The first-order chi connectivity index (χ1) is 12.0. The van der Waals surface area contributed by atoms with Crippen LogP contribution in [0.4, 0.5) is 0 Å². The van der Waals surface area contributed by atoms with Gasteiger partial charge in [-0.1, -0.05) is 55.4 Å². The predicted molar refractivity (Wildman–Crippen MR) is 110 cm³/mol. The number of nitrogens with one attached hydrogen (secondary N) is 1. The summed E-state index contributed by atoms with van der Waals surface area (Å²) in [6.45, 7) is 20.5. The molecule has 0 aromatic rings. The van der Waals surface area contributed by atoms with Crippen molar-refractivity contribution in [3.8, 4) is 0 Å². The Labute approximate surface area is 161 Å². The minimum absolute atomic E-state index is 0.113. The summed E-state index contributed by atoms with van der Waals surface area (Å²) in [5.41, 5.74) is 1.11. The summed E-state index contributed by atoms with van der Waals surface area (Å²) in [4.78, 5) is 22.7. The van der Waals surface area contributed by atoms with Crippen molar-refractivity contribution in [3.05, 3.63) is 0 Å². The molecule has 154 valence electrons. The van der Waals surface area contributed by atoms with Crippen LogP contribution >= 0.6 is 0 Å². The average molecular weight is 388 g/mol. The van der Waals surface area contributed by atoms with Crippen LogP contribution in [-0.4, -0.2) is 40.0 Å². The molecule has 5 nitrogen and oxygen atoms in total. The molecule has 0 saturated heterocycles. The van der Waals surface area contributed by atoms with Gasteiger partial charge >= 0.3 is 5.97 Å². The minimum atomic E-state index is -2.10. The summed E-state index contributed by atoms with van der Waals surface area (Å²) < 4.78 is 12.1. The van der Waals surface area contributed by atoms with E-state index in [9.17, 15) is 9.59 Å². The van der Waals surface area contributed by atoms with E-state index >= 15 is 0 Å². The second-order valence-electron chi connectivity index (χ2n) is 8.76. The third-order valence-electron chi connectivity index (χ3n) is 5.48. The summed E-state index contributed by atoms with van der Waals surface area (Å²) >= 11 is 0. The SMILES string of the molecule is CCOC(=O)CCC(O[Si](C(C)C)(C(C)C)C(C)C)C(C)(C)CNC=O. The number of hydrogen-bond acceptors (Lipinski definition) is 4. The fourth-order valence-corrected chi connectivity index (χ4v) is 9.91. The third kappa shape index (κ3) is 6.69. The molecule has 0 aliphatic carbocycles. The van der Waals surface area contributed by atoms with Gasteiger partial charge in [0.15, 0.2) is 0 Å². The molecule has 0 aromatic carbocycles. The van der Waals surface area contributed by atoms with E-state index in [1.54, 1.807) is 0 Å². The quantitative estimate of drug-likeness (QED) is 0.283. The van der Waals surface area contributed by atoms with Crippen molar-refractivity contribution < 1.29 is 18.8 Å². The summed E-state index contributed by atoms with van der Waals surface area (Å²) in [5.74, 6) is -0.189. The van der Waals surface area contributed by atoms with E-state index in [4.69, 9.17) is 9.16 Å². The van der Waals surface area contributed by atoms with Crippen molar-refractivity contribution in [2.75, 3.05) is 13.2 Å².